The molecule has 0 spiro atoms. The third-order valence-electron chi connectivity index (χ3n) is 2.59. The Balaban J connectivity index is 2.24. The van der Waals surface area contributed by atoms with Crippen molar-refractivity contribution in [3.05, 3.63) is 22.1 Å². The van der Waals surface area contributed by atoms with Crippen LogP contribution >= 0.6 is 23.1 Å². The Bertz CT molecular complexity index is 568. The number of hydrogen-bond donors (Lipinski definition) is 1. The zero-order chi connectivity index (χ0) is 10.4. The fourth-order valence-electron chi connectivity index (χ4n) is 1.64. The largest absolute Gasteiger partial charge is 0.324 e. The summed E-state index contributed by atoms with van der Waals surface area (Å²) in [6.45, 7) is 0. The predicted octanol–water partition coefficient (Wildman–Crippen LogP) is 2.58. The van der Waals surface area contributed by atoms with Crippen LogP contribution in [0.3, 0.4) is 0 Å². The Labute approximate surface area is 94.9 Å². The first-order chi connectivity index (χ1) is 7.28. The lowest BCUT2D eigenvalue weighted by Gasteiger charge is -1.96. The SMILES string of the molecule is CSc1nc2c(=O)[nH]c(C3CC3)cc2s1. The number of aromatic amines is 1. The Morgan fingerprint density at radius 1 is 1.60 bits per heavy atom. The maximum Gasteiger partial charge on any atom is 0.275 e. The van der Waals surface area contributed by atoms with Crippen molar-refractivity contribution in [2.24, 2.45) is 0 Å². The highest BCUT2D eigenvalue weighted by molar-refractivity contribution is 8.00. The zero-order valence-electron chi connectivity index (χ0n) is 8.24. The summed E-state index contributed by atoms with van der Waals surface area (Å²) in [6, 6.07) is 2.09. The van der Waals surface area contributed by atoms with E-state index in [1.807, 2.05) is 6.26 Å². The average molecular weight is 238 g/mol. The number of hydrogen-bond acceptors (Lipinski definition) is 4. The Morgan fingerprint density at radius 3 is 3.07 bits per heavy atom. The van der Waals surface area contributed by atoms with Crippen molar-refractivity contribution in [1.29, 1.82) is 0 Å². The van der Waals surface area contributed by atoms with E-state index in [-0.39, 0.29) is 5.56 Å². The molecule has 0 unspecified atom stereocenters. The second kappa shape index (κ2) is 3.35. The van der Waals surface area contributed by atoms with Gasteiger partial charge in [0.15, 0.2) is 4.34 Å². The molecular weight excluding hydrogens is 228 g/mol. The van der Waals surface area contributed by atoms with Gasteiger partial charge in [0.05, 0.1) is 4.70 Å². The normalized spacial score (nSPS) is 16.1. The van der Waals surface area contributed by atoms with E-state index in [1.165, 1.54) is 12.8 Å². The molecule has 1 aliphatic rings. The molecule has 0 radical (unpaired) electrons. The van der Waals surface area contributed by atoms with Crippen molar-refractivity contribution in [3.63, 3.8) is 0 Å². The van der Waals surface area contributed by atoms with Gasteiger partial charge < -0.3 is 4.98 Å². The minimum Gasteiger partial charge on any atom is -0.324 e. The lowest BCUT2D eigenvalue weighted by atomic mass is 10.2. The summed E-state index contributed by atoms with van der Waals surface area (Å²) in [4.78, 5) is 19.0. The number of H-pyrrole nitrogens is 1. The van der Waals surface area contributed by atoms with Crippen LogP contribution in [0.1, 0.15) is 24.5 Å². The minimum absolute atomic E-state index is 0.0362. The van der Waals surface area contributed by atoms with E-state index >= 15 is 0 Å². The topological polar surface area (TPSA) is 45.8 Å². The van der Waals surface area contributed by atoms with Crippen molar-refractivity contribution in [2.45, 2.75) is 23.1 Å². The van der Waals surface area contributed by atoms with E-state index in [1.54, 1.807) is 23.1 Å². The zero-order valence-corrected chi connectivity index (χ0v) is 9.87. The summed E-state index contributed by atoms with van der Waals surface area (Å²) in [5.41, 5.74) is 1.64. The number of thioether (sulfide) groups is 1. The fourth-order valence-corrected chi connectivity index (χ4v) is 3.17. The number of thiazole rings is 1. The lowest BCUT2D eigenvalue weighted by Crippen LogP contribution is -2.08. The molecule has 2 heterocycles. The first-order valence-corrected chi connectivity index (χ1v) is 6.90. The van der Waals surface area contributed by atoms with Crippen LogP contribution in [0.25, 0.3) is 10.2 Å². The molecule has 0 aliphatic heterocycles. The highest BCUT2D eigenvalue weighted by Crippen LogP contribution is 2.39. The van der Waals surface area contributed by atoms with Crippen molar-refractivity contribution < 1.29 is 0 Å². The van der Waals surface area contributed by atoms with Crippen LogP contribution in [0.15, 0.2) is 15.2 Å². The van der Waals surface area contributed by atoms with E-state index < -0.39 is 0 Å². The number of rotatable bonds is 2. The van der Waals surface area contributed by atoms with Crippen molar-refractivity contribution >= 4 is 33.3 Å². The van der Waals surface area contributed by atoms with Gasteiger partial charge in [-0.1, -0.05) is 11.8 Å². The van der Waals surface area contributed by atoms with Gasteiger partial charge >= 0.3 is 0 Å². The summed E-state index contributed by atoms with van der Waals surface area (Å²) >= 11 is 3.19. The minimum atomic E-state index is -0.0362. The highest BCUT2D eigenvalue weighted by Gasteiger charge is 2.25. The van der Waals surface area contributed by atoms with Gasteiger partial charge in [-0.05, 0) is 31.1 Å². The maximum atomic E-state index is 11.7. The van der Waals surface area contributed by atoms with Gasteiger partial charge in [-0.15, -0.1) is 11.3 Å². The predicted molar refractivity (Wildman–Crippen MR) is 64.0 cm³/mol. The maximum absolute atomic E-state index is 11.7. The van der Waals surface area contributed by atoms with Gasteiger partial charge in [0.2, 0.25) is 0 Å². The molecule has 78 valence electrons. The average Bonchev–Trinajstić information content (AvgIpc) is 2.98. The summed E-state index contributed by atoms with van der Waals surface area (Å²) in [7, 11) is 0. The fraction of sp³-hybridized carbons (Fsp3) is 0.400. The molecule has 0 amide bonds. The molecule has 0 aromatic carbocycles. The van der Waals surface area contributed by atoms with Crippen LogP contribution in [0, 0.1) is 0 Å². The molecule has 1 aliphatic carbocycles. The monoisotopic (exact) mass is 238 g/mol. The molecule has 1 saturated carbocycles. The molecular formula is C10H10N2OS2. The van der Waals surface area contributed by atoms with Crippen molar-refractivity contribution in [1.82, 2.24) is 9.97 Å². The van der Waals surface area contributed by atoms with Gasteiger partial charge in [-0.25, -0.2) is 4.98 Å². The van der Waals surface area contributed by atoms with Gasteiger partial charge in [-0.3, -0.25) is 4.79 Å². The van der Waals surface area contributed by atoms with Crippen molar-refractivity contribution in [2.75, 3.05) is 6.26 Å². The third-order valence-corrected chi connectivity index (χ3v) is 4.57. The number of aromatic nitrogens is 2. The molecule has 0 saturated heterocycles. The van der Waals surface area contributed by atoms with E-state index in [0.717, 1.165) is 14.7 Å². The summed E-state index contributed by atoms with van der Waals surface area (Å²) in [5, 5.41) is 0. The Kier molecular flexibility index (Phi) is 2.10. The molecule has 15 heavy (non-hydrogen) atoms. The summed E-state index contributed by atoms with van der Waals surface area (Å²) < 4.78 is 1.98. The molecule has 0 atom stereocenters. The quantitative estimate of drug-likeness (QED) is 0.818. The van der Waals surface area contributed by atoms with Crippen LogP contribution in [-0.2, 0) is 0 Å². The second-order valence-electron chi connectivity index (χ2n) is 3.72. The number of nitrogens with one attached hydrogen (secondary N) is 1. The van der Waals surface area contributed by atoms with Gasteiger partial charge in [0.25, 0.3) is 5.56 Å². The van der Waals surface area contributed by atoms with Crippen LogP contribution in [0.4, 0.5) is 0 Å². The first kappa shape index (κ1) is 9.42. The molecule has 2 aromatic heterocycles. The molecule has 0 bridgehead atoms. The highest BCUT2D eigenvalue weighted by atomic mass is 32.2. The Hall–Kier alpha value is -0.810. The lowest BCUT2D eigenvalue weighted by molar-refractivity contribution is 1.01. The van der Waals surface area contributed by atoms with Gasteiger partial charge in [0, 0.05) is 5.69 Å². The van der Waals surface area contributed by atoms with Crippen LogP contribution < -0.4 is 5.56 Å². The van der Waals surface area contributed by atoms with E-state index in [0.29, 0.717) is 11.4 Å². The molecule has 3 nitrogen and oxygen atoms in total. The van der Waals surface area contributed by atoms with Crippen LogP contribution in [0.2, 0.25) is 0 Å². The van der Waals surface area contributed by atoms with E-state index in [2.05, 4.69) is 16.0 Å². The summed E-state index contributed by atoms with van der Waals surface area (Å²) in [5.74, 6) is 0.585. The Morgan fingerprint density at radius 2 is 2.40 bits per heavy atom. The van der Waals surface area contributed by atoms with Gasteiger partial charge in [-0.2, -0.15) is 0 Å². The smallest absolute Gasteiger partial charge is 0.275 e. The van der Waals surface area contributed by atoms with E-state index in [4.69, 9.17) is 0 Å². The first-order valence-electron chi connectivity index (χ1n) is 4.85. The molecule has 5 heteroatoms. The summed E-state index contributed by atoms with van der Waals surface area (Å²) in [6.07, 6.45) is 4.39. The molecule has 1 fully saturated rings. The van der Waals surface area contributed by atoms with Crippen LogP contribution in [-0.4, -0.2) is 16.2 Å². The van der Waals surface area contributed by atoms with Gasteiger partial charge in [0.1, 0.15) is 5.52 Å². The molecule has 2 aromatic rings. The van der Waals surface area contributed by atoms with Crippen LogP contribution in [0.5, 0.6) is 0 Å². The molecule has 3 rings (SSSR count). The third kappa shape index (κ3) is 1.59. The van der Waals surface area contributed by atoms with Crippen molar-refractivity contribution in [3.8, 4) is 0 Å². The second-order valence-corrected chi connectivity index (χ2v) is 5.81. The number of nitrogens with zero attached hydrogens (tertiary/aromatic N) is 1. The number of pyridine rings is 1. The molecule has 1 N–H and O–H groups in total. The van der Waals surface area contributed by atoms with E-state index in [9.17, 15) is 4.79 Å². The standard InChI is InChI=1S/C10H10N2OS2/c1-14-10-12-8-7(15-10)4-6(5-2-3-5)11-9(8)13/h4-5H,2-3H2,1H3,(H,11,13). The number of fused-ring (bicyclic) bond motifs is 1.